The molecule has 0 aliphatic carbocycles. The van der Waals surface area contributed by atoms with E-state index in [0.717, 1.165) is 30.8 Å². The van der Waals surface area contributed by atoms with Gasteiger partial charge in [-0.3, -0.25) is 4.79 Å². The number of carbonyl (C=O) groups excluding carboxylic acids is 1. The van der Waals surface area contributed by atoms with Gasteiger partial charge in [-0.2, -0.15) is 8.78 Å². The molecule has 0 bridgehead atoms. The molecule has 3 rings (SSSR count). The number of hydrogen-bond acceptors (Lipinski definition) is 5. The lowest BCUT2D eigenvalue weighted by Gasteiger charge is -2.37. The molecule has 4 nitrogen and oxygen atoms in total. The number of benzene rings is 1. The molecule has 0 saturated carbocycles. The average molecular weight is 329 g/mol. The van der Waals surface area contributed by atoms with E-state index in [2.05, 4.69) is 9.04 Å². The van der Waals surface area contributed by atoms with E-state index in [1.54, 1.807) is 36.2 Å². The van der Waals surface area contributed by atoms with Crippen LogP contribution in [0.5, 0.6) is 5.75 Å². The highest BCUT2D eigenvalue weighted by molar-refractivity contribution is 7.97. The summed E-state index contributed by atoms with van der Waals surface area (Å²) in [4.78, 5) is 12.4. The normalized spacial score (nSPS) is 21.7. The van der Waals surface area contributed by atoms with Crippen molar-refractivity contribution in [2.24, 2.45) is 0 Å². The highest BCUT2D eigenvalue weighted by Crippen LogP contribution is 2.37. The van der Waals surface area contributed by atoms with Crippen molar-refractivity contribution in [3.63, 3.8) is 0 Å². The lowest BCUT2D eigenvalue weighted by Crippen LogP contribution is -2.41. The minimum atomic E-state index is -2.80. The first kappa shape index (κ1) is 15.7. The second-order valence-electron chi connectivity index (χ2n) is 5.56. The monoisotopic (exact) mass is 329 g/mol. The number of ketones is 1. The minimum Gasteiger partial charge on any atom is -0.435 e. The second-order valence-corrected chi connectivity index (χ2v) is 6.73. The summed E-state index contributed by atoms with van der Waals surface area (Å²) in [5.74, 6) is 0.352. The SMILES string of the molecule is O=C1COC2(CCN(Sc3ccc(OC(F)F)cc3)CC2)C1. The van der Waals surface area contributed by atoms with Crippen LogP contribution in [-0.4, -0.2) is 42.0 Å². The Hall–Kier alpha value is -1.18. The zero-order valence-electron chi connectivity index (χ0n) is 12.0. The third-order valence-electron chi connectivity index (χ3n) is 3.98. The second kappa shape index (κ2) is 6.52. The molecule has 0 amide bonds. The van der Waals surface area contributed by atoms with E-state index in [1.807, 2.05) is 0 Å². The molecule has 120 valence electrons. The van der Waals surface area contributed by atoms with Crippen molar-refractivity contribution < 1.29 is 23.0 Å². The molecule has 1 spiro atoms. The average Bonchev–Trinajstić information content (AvgIpc) is 2.84. The Labute approximate surface area is 131 Å². The summed E-state index contributed by atoms with van der Waals surface area (Å²) in [5, 5.41) is 0. The van der Waals surface area contributed by atoms with Crippen molar-refractivity contribution in [1.29, 1.82) is 0 Å². The van der Waals surface area contributed by atoms with Crippen LogP contribution in [0.15, 0.2) is 29.2 Å². The van der Waals surface area contributed by atoms with Crippen molar-refractivity contribution >= 4 is 17.7 Å². The quantitative estimate of drug-likeness (QED) is 0.794. The van der Waals surface area contributed by atoms with Gasteiger partial charge < -0.3 is 9.47 Å². The van der Waals surface area contributed by atoms with Crippen LogP contribution in [0, 0.1) is 0 Å². The van der Waals surface area contributed by atoms with E-state index in [-0.39, 0.29) is 23.7 Å². The zero-order valence-corrected chi connectivity index (χ0v) is 12.8. The van der Waals surface area contributed by atoms with Crippen molar-refractivity contribution in [2.45, 2.75) is 36.4 Å². The number of halogens is 2. The Morgan fingerprint density at radius 2 is 1.91 bits per heavy atom. The molecule has 22 heavy (non-hydrogen) atoms. The molecule has 2 aliphatic rings. The number of carbonyl (C=O) groups is 1. The summed E-state index contributed by atoms with van der Waals surface area (Å²) in [6, 6.07) is 6.61. The van der Waals surface area contributed by atoms with Crippen LogP contribution in [0.4, 0.5) is 8.78 Å². The number of hydrogen-bond donors (Lipinski definition) is 0. The van der Waals surface area contributed by atoms with Crippen LogP contribution < -0.4 is 4.74 Å². The number of alkyl halides is 2. The predicted molar refractivity (Wildman–Crippen MR) is 78.0 cm³/mol. The fourth-order valence-electron chi connectivity index (χ4n) is 2.83. The summed E-state index contributed by atoms with van der Waals surface area (Å²) in [7, 11) is 0. The number of rotatable bonds is 4. The van der Waals surface area contributed by atoms with E-state index >= 15 is 0 Å². The summed E-state index contributed by atoms with van der Waals surface area (Å²) in [6.07, 6.45) is 2.22. The van der Waals surface area contributed by atoms with Crippen LogP contribution in [0.25, 0.3) is 0 Å². The summed E-state index contributed by atoms with van der Waals surface area (Å²) >= 11 is 1.58. The number of nitrogens with zero attached hydrogens (tertiary/aromatic N) is 1. The topological polar surface area (TPSA) is 38.8 Å². The molecule has 1 aromatic rings. The maximum Gasteiger partial charge on any atom is 0.387 e. The van der Waals surface area contributed by atoms with Gasteiger partial charge in [-0.15, -0.1) is 0 Å². The van der Waals surface area contributed by atoms with Gasteiger partial charge in [0.1, 0.15) is 12.4 Å². The van der Waals surface area contributed by atoms with Crippen LogP contribution in [-0.2, 0) is 9.53 Å². The van der Waals surface area contributed by atoms with Gasteiger partial charge in [0.25, 0.3) is 0 Å². The molecule has 0 N–H and O–H groups in total. The molecule has 0 unspecified atom stereocenters. The Morgan fingerprint density at radius 3 is 2.45 bits per heavy atom. The predicted octanol–water partition coefficient (Wildman–Crippen LogP) is 3.12. The Morgan fingerprint density at radius 1 is 1.23 bits per heavy atom. The summed E-state index contributed by atoms with van der Waals surface area (Å²) in [6.45, 7) is -0.870. The number of piperidine rings is 1. The summed E-state index contributed by atoms with van der Waals surface area (Å²) in [5.41, 5.74) is -0.247. The fraction of sp³-hybridized carbons (Fsp3) is 0.533. The maximum atomic E-state index is 12.1. The van der Waals surface area contributed by atoms with Crippen LogP contribution in [0.1, 0.15) is 19.3 Å². The van der Waals surface area contributed by atoms with E-state index in [9.17, 15) is 13.6 Å². The fourth-order valence-corrected chi connectivity index (χ4v) is 3.75. The Kier molecular flexibility index (Phi) is 4.65. The molecular weight excluding hydrogens is 312 g/mol. The third-order valence-corrected chi connectivity index (χ3v) is 5.08. The van der Waals surface area contributed by atoms with E-state index in [4.69, 9.17) is 4.74 Å². The summed E-state index contributed by atoms with van der Waals surface area (Å²) < 4.78 is 36.4. The van der Waals surface area contributed by atoms with Crippen molar-refractivity contribution in [1.82, 2.24) is 4.31 Å². The zero-order chi connectivity index (χ0) is 15.6. The lowest BCUT2D eigenvalue weighted by molar-refractivity contribution is -0.117. The van der Waals surface area contributed by atoms with Gasteiger partial charge in [0.2, 0.25) is 0 Å². The Balaban J connectivity index is 1.51. The molecular formula is C15H17F2NO3S. The number of Topliss-reactive ketones (excluding diaryl/α,β-unsaturated/α-hetero) is 1. The Bertz CT molecular complexity index is 530. The third kappa shape index (κ3) is 3.77. The molecule has 2 heterocycles. The number of ether oxygens (including phenoxy) is 2. The van der Waals surface area contributed by atoms with Gasteiger partial charge in [0.15, 0.2) is 5.78 Å². The minimum absolute atomic E-state index is 0.162. The standard InChI is InChI=1S/C15H17F2NO3S/c16-14(17)21-12-1-3-13(4-2-12)22-18-7-5-15(6-8-18)9-11(19)10-20-15/h1-4,14H,5-10H2. The van der Waals surface area contributed by atoms with Crippen molar-refractivity contribution in [3.8, 4) is 5.75 Å². The molecule has 0 radical (unpaired) electrons. The molecule has 0 atom stereocenters. The smallest absolute Gasteiger partial charge is 0.387 e. The highest BCUT2D eigenvalue weighted by Gasteiger charge is 2.42. The van der Waals surface area contributed by atoms with Gasteiger partial charge >= 0.3 is 6.61 Å². The maximum absolute atomic E-state index is 12.1. The first-order chi connectivity index (χ1) is 10.5. The van der Waals surface area contributed by atoms with Crippen LogP contribution in [0.3, 0.4) is 0 Å². The van der Waals surface area contributed by atoms with Gasteiger partial charge in [0, 0.05) is 24.4 Å². The highest BCUT2D eigenvalue weighted by atomic mass is 32.2. The largest absolute Gasteiger partial charge is 0.435 e. The van der Waals surface area contributed by atoms with E-state index in [1.165, 1.54) is 0 Å². The van der Waals surface area contributed by atoms with Crippen LogP contribution >= 0.6 is 11.9 Å². The van der Waals surface area contributed by atoms with Gasteiger partial charge in [-0.05, 0) is 49.1 Å². The molecule has 7 heteroatoms. The van der Waals surface area contributed by atoms with Crippen LogP contribution in [0.2, 0.25) is 0 Å². The van der Waals surface area contributed by atoms with Gasteiger partial charge in [0.05, 0.1) is 5.60 Å². The molecule has 2 fully saturated rings. The van der Waals surface area contributed by atoms with Gasteiger partial charge in [-0.25, -0.2) is 4.31 Å². The first-order valence-corrected chi connectivity index (χ1v) is 7.95. The molecule has 1 aromatic carbocycles. The first-order valence-electron chi connectivity index (χ1n) is 7.18. The molecule has 2 saturated heterocycles. The lowest BCUT2D eigenvalue weighted by atomic mass is 9.89. The molecule has 0 aromatic heterocycles. The van der Waals surface area contributed by atoms with Crippen molar-refractivity contribution in [2.75, 3.05) is 19.7 Å². The van der Waals surface area contributed by atoms with Crippen molar-refractivity contribution in [3.05, 3.63) is 24.3 Å². The van der Waals surface area contributed by atoms with E-state index < -0.39 is 6.61 Å². The van der Waals surface area contributed by atoms with Gasteiger partial charge in [-0.1, -0.05) is 0 Å². The molecule has 2 aliphatic heterocycles. The van der Waals surface area contributed by atoms with E-state index in [0.29, 0.717) is 6.42 Å².